The van der Waals surface area contributed by atoms with E-state index >= 15 is 0 Å². The first-order valence-electron chi connectivity index (χ1n) is 4.10. The van der Waals surface area contributed by atoms with Crippen molar-refractivity contribution in [2.24, 2.45) is 0 Å². The Bertz CT molecular complexity index is 347. The lowest BCUT2D eigenvalue weighted by Crippen LogP contribution is -1.83. The van der Waals surface area contributed by atoms with Crippen LogP contribution in [0, 0.1) is 18.8 Å². The van der Waals surface area contributed by atoms with Gasteiger partial charge in [0.15, 0.2) is 0 Å². The van der Waals surface area contributed by atoms with Gasteiger partial charge in [-0.2, -0.15) is 0 Å². The van der Waals surface area contributed by atoms with Gasteiger partial charge in [-0.05, 0) is 24.6 Å². The highest BCUT2D eigenvalue weighted by molar-refractivity contribution is 6.31. The van der Waals surface area contributed by atoms with Gasteiger partial charge < -0.3 is 5.11 Å². The van der Waals surface area contributed by atoms with Gasteiger partial charge in [-0.25, -0.2) is 0 Å². The third-order valence-electron chi connectivity index (χ3n) is 1.73. The molecule has 1 aromatic rings. The molecule has 0 saturated carbocycles. The van der Waals surface area contributed by atoms with Gasteiger partial charge in [0, 0.05) is 17.0 Å². The summed E-state index contributed by atoms with van der Waals surface area (Å²) in [5, 5.41) is 9.27. The Hall–Kier alpha value is -0.970. The van der Waals surface area contributed by atoms with Gasteiger partial charge >= 0.3 is 0 Å². The van der Waals surface area contributed by atoms with Crippen LogP contribution in [-0.2, 0) is 0 Å². The average molecular weight is 195 g/mol. The number of hydrogen-bond donors (Lipinski definition) is 1. The van der Waals surface area contributed by atoms with E-state index in [1.165, 1.54) is 0 Å². The molecule has 0 fully saturated rings. The van der Waals surface area contributed by atoms with Crippen LogP contribution in [0.5, 0.6) is 0 Å². The molecule has 1 nitrogen and oxygen atoms in total. The molecule has 0 bridgehead atoms. The lowest BCUT2D eigenvalue weighted by molar-refractivity contribution is 0.305. The van der Waals surface area contributed by atoms with E-state index < -0.39 is 0 Å². The smallest absolute Gasteiger partial charge is 0.0540 e. The van der Waals surface area contributed by atoms with Gasteiger partial charge in [-0.1, -0.05) is 29.5 Å². The van der Waals surface area contributed by atoms with Crippen molar-refractivity contribution in [3.63, 3.8) is 0 Å². The standard InChI is InChI=1S/C11H11ClO/c1-9-10(5-2-3-8-13)6-4-7-11(9)12/h4,6-7,13H,3,8H2,1H3. The molecule has 68 valence electrons. The Morgan fingerprint density at radius 2 is 2.23 bits per heavy atom. The topological polar surface area (TPSA) is 20.2 Å². The maximum atomic E-state index is 8.54. The third-order valence-corrected chi connectivity index (χ3v) is 2.14. The van der Waals surface area contributed by atoms with Crippen LogP contribution in [0.15, 0.2) is 18.2 Å². The number of hydrogen-bond acceptors (Lipinski definition) is 1. The molecule has 0 amide bonds. The minimum atomic E-state index is 0.104. The van der Waals surface area contributed by atoms with E-state index in [1.54, 1.807) is 0 Å². The number of benzene rings is 1. The van der Waals surface area contributed by atoms with Crippen molar-refractivity contribution < 1.29 is 5.11 Å². The van der Waals surface area contributed by atoms with Crippen molar-refractivity contribution in [1.29, 1.82) is 0 Å². The molecule has 0 saturated heterocycles. The summed E-state index contributed by atoms with van der Waals surface area (Å²) < 4.78 is 0. The first-order valence-corrected chi connectivity index (χ1v) is 4.48. The fraction of sp³-hybridized carbons (Fsp3) is 0.273. The first-order chi connectivity index (χ1) is 6.25. The average Bonchev–Trinajstić information content (AvgIpc) is 2.13. The summed E-state index contributed by atoms with van der Waals surface area (Å²) in [5.41, 5.74) is 1.93. The van der Waals surface area contributed by atoms with E-state index in [9.17, 15) is 0 Å². The molecule has 0 aliphatic carbocycles. The van der Waals surface area contributed by atoms with Gasteiger partial charge in [-0.3, -0.25) is 0 Å². The molecule has 0 aliphatic rings. The summed E-state index contributed by atoms with van der Waals surface area (Å²) in [4.78, 5) is 0. The van der Waals surface area contributed by atoms with Gasteiger partial charge in [0.25, 0.3) is 0 Å². The summed E-state index contributed by atoms with van der Waals surface area (Å²) in [6.45, 7) is 2.04. The summed E-state index contributed by atoms with van der Waals surface area (Å²) in [5.74, 6) is 5.82. The largest absolute Gasteiger partial charge is 0.395 e. The molecule has 0 unspecified atom stereocenters. The van der Waals surface area contributed by atoms with Crippen LogP contribution in [0.25, 0.3) is 0 Å². The Kier molecular flexibility index (Phi) is 3.82. The maximum Gasteiger partial charge on any atom is 0.0540 e. The highest BCUT2D eigenvalue weighted by Gasteiger charge is 1.97. The van der Waals surface area contributed by atoms with E-state index in [0.29, 0.717) is 6.42 Å². The first kappa shape index (κ1) is 10.1. The fourth-order valence-electron chi connectivity index (χ4n) is 0.957. The zero-order valence-electron chi connectivity index (χ0n) is 7.47. The van der Waals surface area contributed by atoms with Crippen LogP contribution in [0.2, 0.25) is 5.02 Å². The lowest BCUT2D eigenvalue weighted by atomic mass is 10.1. The molecule has 0 aliphatic heterocycles. The normalized spacial score (nSPS) is 9.15. The van der Waals surface area contributed by atoms with Crippen LogP contribution < -0.4 is 0 Å². The third kappa shape index (κ3) is 2.77. The molecule has 13 heavy (non-hydrogen) atoms. The lowest BCUT2D eigenvalue weighted by Gasteiger charge is -1.98. The van der Waals surface area contributed by atoms with Crippen LogP contribution >= 0.6 is 11.6 Å². The summed E-state index contributed by atoms with van der Waals surface area (Å²) in [6.07, 6.45) is 0.506. The molecule has 1 N–H and O–H groups in total. The summed E-state index contributed by atoms with van der Waals surface area (Å²) in [6, 6.07) is 5.64. The molecular weight excluding hydrogens is 184 g/mol. The van der Waals surface area contributed by atoms with Gasteiger partial charge in [0.05, 0.1) is 6.61 Å². The Labute approximate surface area is 83.4 Å². The molecule has 1 rings (SSSR count). The second-order valence-electron chi connectivity index (χ2n) is 2.69. The quantitative estimate of drug-likeness (QED) is 0.681. The predicted molar refractivity (Wildman–Crippen MR) is 54.8 cm³/mol. The molecule has 0 heterocycles. The second kappa shape index (κ2) is 4.91. The van der Waals surface area contributed by atoms with Crippen molar-refractivity contribution >= 4 is 11.6 Å². The molecule has 0 radical (unpaired) electrons. The number of rotatable bonds is 1. The minimum Gasteiger partial charge on any atom is -0.395 e. The summed E-state index contributed by atoms with van der Waals surface area (Å²) in [7, 11) is 0. The molecule has 1 aromatic carbocycles. The number of aliphatic hydroxyl groups excluding tert-OH is 1. The fourth-order valence-corrected chi connectivity index (χ4v) is 1.13. The monoisotopic (exact) mass is 194 g/mol. The second-order valence-corrected chi connectivity index (χ2v) is 3.09. The van der Waals surface area contributed by atoms with Crippen molar-refractivity contribution in [2.45, 2.75) is 13.3 Å². The maximum absolute atomic E-state index is 8.54. The van der Waals surface area contributed by atoms with E-state index in [-0.39, 0.29) is 6.61 Å². The van der Waals surface area contributed by atoms with E-state index in [1.807, 2.05) is 25.1 Å². The highest BCUT2D eigenvalue weighted by atomic mass is 35.5. The van der Waals surface area contributed by atoms with Crippen LogP contribution in [0.3, 0.4) is 0 Å². The van der Waals surface area contributed by atoms with Gasteiger partial charge in [0.2, 0.25) is 0 Å². The molecule has 0 atom stereocenters. The molecule has 2 heteroatoms. The zero-order valence-corrected chi connectivity index (χ0v) is 8.23. The number of halogens is 1. The van der Waals surface area contributed by atoms with E-state index in [0.717, 1.165) is 16.1 Å². The van der Waals surface area contributed by atoms with Gasteiger partial charge in [-0.15, -0.1) is 0 Å². The van der Waals surface area contributed by atoms with Crippen molar-refractivity contribution in [3.8, 4) is 11.8 Å². The Morgan fingerprint density at radius 1 is 1.46 bits per heavy atom. The van der Waals surface area contributed by atoms with Crippen LogP contribution in [0.1, 0.15) is 17.5 Å². The van der Waals surface area contributed by atoms with Crippen molar-refractivity contribution in [2.75, 3.05) is 6.61 Å². The minimum absolute atomic E-state index is 0.104. The Morgan fingerprint density at radius 3 is 2.92 bits per heavy atom. The molecular formula is C11H11ClO. The van der Waals surface area contributed by atoms with Crippen LogP contribution in [0.4, 0.5) is 0 Å². The van der Waals surface area contributed by atoms with E-state index in [4.69, 9.17) is 16.7 Å². The number of aliphatic hydroxyl groups is 1. The molecule has 0 spiro atoms. The highest BCUT2D eigenvalue weighted by Crippen LogP contribution is 2.17. The van der Waals surface area contributed by atoms with Crippen LogP contribution in [-0.4, -0.2) is 11.7 Å². The van der Waals surface area contributed by atoms with Crippen molar-refractivity contribution in [1.82, 2.24) is 0 Å². The summed E-state index contributed by atoms with van der Waals surface area (Å²) >= 11 is 5.91. The predicted octanol–water partition coefficient (Wildman–Crippen LogP) is 2.38. The van der Waals surface area contributed by atoms with Gasteiger partial charge in [0.1, 0.15) is 0 Å². The Balaban J connectivity index is 2.91. The van der Waals surface area contributed by atoms with E-state index in [2.05, 4.69) is 11.8 Å². The molecule has 0 aromatic heterocycles. The van der Waals surface area contributed by atoms with Crippen molar-refractivity contribution in [3.05, 3.63) is 34.3 Å². The SMILES string of the molecule is Cc1c(Cl)cccc1C#CCCO. The zero-order chi connectivity index (χ0) is 9.68.